The minimum Gasteiger partial charge on any atom is -0.494 e. The van der Waals surface area contributed by atoms with Crippen LogP contribution in [0.25, 0.3) is 16.7 Å². The number of rotatable bonds is 7. The van der Waals surface area contributed by atoms with E-state index >= 15 is 0 Å². The number of piperidine rings is 1. The zero-order valence-corrected chi connectivity index (χ0v) is 20.8. The van der Waals surface area contributed by atoms with Crippen molar-refractivity contribution < 1.29 is 14.6 Å². The smallest absolute Gasteiger partial charge is 0.319 e. The van der Waals surface area contributed by atoms with Crippen molar-refractivity contribution in [3.05, 3.63) is 47.1 Å². The first-order valence-electron chi connectivity index (χ1n) is 12.0. The van der Waals surface area contributed by atoms with Crippen LogP contribution in [0.4, 0.5) is 4.79 Å². The third-order valence-corrected chi connectivity index (χ3v) is 6.41. The number of benzene rings is 1. The monoisotopic (exact) mass is 482 g/mol. The van der Waals surface area contributed by atoms with E-state index in [4.69, 9.17) is 4.74 Å². The molecular weight excluding hydrogens is 448 g/mol. The van der Waals surface area contributed by atoms with Crippen molar-refractivity contribution in [2.24, 2.45) is 5.92 Å². The molecule has 1 saturated heterocycles. The molecule has 0 aliphatic carbocycles. The molecule has 3 heterocycles. The molecule has 0 radical (unpaired) electrons. The molecule has 0 atom stereocenters. The van der Waals surface area contributed by atoms with E-state index in [1.165, 1.54) is 22.0 Å². The van der Waals surface area contributed by atoms with Gasteiger partial charge in [-0.15, -0.1) is 0 Å². The normalized spacial score (nSPS) is 15.5. The van der Waals surface area contributed by atoms with E-state index in [0.29, 0.717) is 49.5 Å². The summed E-state index contributed by atoms with van der Waals surface area (Å²) in [6, 6.07) is 7.46. The van der Waals surface area contributed by atoms with Gasteiger partial charge in [0, 0.05) is 27.2 Å². The third kappa shape index (κ3) is 5.48. The second kappa shape index (κ2) is 10.1. The third-order valence-electron chi connectivity index (χ3n) is 6.41. The molecule has 35 heavy (non-hydrogen) atoms. The lowest BCUT2D eigenvalue weighted by atomic mass is 9.91. The first-order chi connectivity index (χ1) is 16.7. The lowest BCUT2D eigenvalue weighted by Gasteiger charge is -2.39. The lowest BCUT2D eigenvalue weighted by molar-refractivity contribution is -0.0282. The Labute approximate surface area is 204 Å². The predicted molar refractivity (Wildman–Crippen MR) is 133 cm³/mol. The van der Waals surface area contributed by atoms with E-state index in [0.717, 1.165) is 17.9 Å². The molecule has 1 aliphatic heterocycles. The summed E-state index contributed by atoms with van der Waals surface area (Å²) in [5.41, 5.74) is -0.102. The average Bonchev–Trinajstić information content (AvgIpc) is 3.26. The highest BCUT2D eigenvalue weighted by molar-refractivity contribution is 5.75. The zero-order valence-electron chi connectivity index (χ0n) is 20.8. The van der Waals surface area contributed by atoms with Crippen molar-refractivity contribution in [3.8, 4) is 11.4 Å². The molecule has 1 fully saturated rings. The van der Waals surface area contributed by atoms with Gasteiger partial charge in [-0.3, -0.25) is 9.36 Å². The molecule has 1 aromatic carbocycles. The van der Waals surface area contributed by atoms with Crippen molar-refractivity contribution in [1.82, 2.24) is 29.1 Å². The number of carbonyl (C=O) groups is 1. The number of aliphatic hydroxyl groups is 1. The Balaban J connectivity index is 1.47. The van der Waals surface area contributed by atoms with Crippen LogP contribution in [-0.2, 0) is 6.54 Å². The summed E-state index contributed by atoms with van der Waals surface area (Å²) >= 11 is 0. The summed E-state index contributed by atoms with van der Waals surface area (Å²) in [6.45, 7) is 5.98. The van der Waals surface area contributed by atoms with Gasteiger partial charge in [0.2, 0.25) is 0 Å². The maximum absolute atomic E-state index is 13.1. The molecule has 1 N–H and O–H groups in total. The van der Waals surface area contributed by atoms with Crippen LogP contribution in [-0.4, -0.2) is 79.7 Å². The first-order valence-corrected chi connectivity index (χ1v) is 12.0. The Kier molecular flexibility index (Phi) is 7.11. The summed E-state index contributed by atoms with van der Waals surface area (Å²) in [4.78, 5) is 33.0. The predicted octanol–water partition coefficient (Wildman–Crippen LogP) is 2.52. The second-order valence-corrected chi connectivity index (χ2v) is 9.88. The van der Waals surface area contributed by atoms with Crippen LogP contribution in [0, 0.1) is 5.92 Å². The maximum atomic E-state index is 13.1. The van der Waals surface area contributed by atoms with Gasteiger partial charge in [0.15, 0.2) is 5.65 Å². The molecule has 10 nitrogen and oxygen atoms in total. The molecule has 2 amide bonds. The number of ether oxygens (including phenoxy) is 1. The van der Waals surface area contributed by atoms with Crippen molar-refractivity contribution in [2.75, 3.05) is 33.8 Å². The van der Waals surface area contributed by atoms with E-state index in [1.54, 1.807) is 23.7 Å². The van der Waals surface area contributed by atoms with Crippen molar-refractivity contribution in [1.29, 1.82) is 0 Å². The van der Waals surface area contributed by atoms with Crippen LogP contribution >= 0.6 is 0 Å². The van der Waals surface area contributed by atoms with E-state index in [1.807, 2.05) is 24.3 Å². The van der Waals surface area contributed by atoms with E-state index < -0.39 is 5.60 Å². The van der Waals surface area contributed by atoms with Crippen LogP contribution in [0.1, 0.15) is 33.1 Å². The Morgan fingerprint density at radius 3 is 2.51 bits per heavy atom. The molecular formula is C25H34N6O4. The van der Waals surface area contributed by atoms with Crippen LogP contribution in [0.5, 0.6) is 5.75 Å². The number of urea groups is 1. The van der Waals surface area contributed by atoms with Crippen LogP contribution in [0.15, 0.2) is 41.6 Å². The minimum atomic E-state index is -1.08. The quantitative estimate of drug-likeness (QED) is 0.555. The topological polar surface area (TPSA) is 106 Å². The number of aromatic nitrogens is 4. The molecule has 0 spiro atoms. The number of carbonyl (C=O) groups excluding carboxylic acids is 1. The largest absolute Gasteiger partial charge is 0.494 e. The SMILES string of the molecule is CC(C)CCOc1ccc(-n2ncc3c(=O)n(CC4(O)CCN(C(=O)N(C)C)CC4)cnc32)cc1. The molecule has 188 valence electrons. The van der Waals surface area contributed by atoms with Crippen molar-refractivity contribution in [3.63, 3.8) is 0 Å². The molecule has 1 aliphatic rings. The molecule has 2 aromatic heterocycles. The number of fused-ring (bicyclic) bond motifs is 1. The van der Waals surface area contributed by atoms with E-state index in [2.05, 4.69) is 23.9 Å². The van der Waals surface area contributed by atoms with Gasteiger partial charge in [0.25, 0.3) is 5.56 Å². The molecule has 0 bridgehead atoms. The van der Waals surface area contributed by atoms with Gasteiger partial charge in [-0.25, -0.2) is 14.5 Å². The van der Waals surface area contributed by atoms with E-state index in [9.17, 15) is 14.7 Å². The number of likely N-dealkylation sites (tertiary alicyclic amines) is 1. The zero-order chi connectivity index (χ0) is 25.2. The van der Waals surface area contributed by atoms with Gasteiger partial charge in [0.05, 0.1) is 30.6 Å². The Bertz CT molecular complexity index is 1220. The van der Waals surface area contributed by atoms with Crippen LogP contribution in [0.2, 0.25) is 0 Å². The fourth-order valence-electron chi connectivity index (χ4n) is 4.22. The van der Waals surface area contributed by atoms with Crippen molar-refractivity contribution in [2.45, 2.75) is 45.3 Å². The fraction of sp³-hybridized carbons (Fsp3) is 0.520. The van der Waals surface area contributed by atoms with Crippen LogP contribution < -0.4 is 10.3 Å². The standard InChI is InChI=1S/C25H34N6O4/c1-18(2)9-14-35-20-7-5-19(6-8-20)31-22-21(15-27-31)23(32)30(17-26-22)16-25(34)10-12-29(13-11-25)24(33)28(3)4/h5-8,15,17-18,34H,9-14,16H2,1-4H3. The van der Waals surface area contributed by atoms with Crippen molar-refractivity contribution >= 4 is 17.1 Å². The highest BCUT2D eigenvalue weighted by Crippen LogP contribution is 2.25. The molecule has 10 heteroatoms. The summed E-state index contributed by atoms with van der Waals surface area (Å²) in [7, 11) is 3.42. The maximum Gasteiger partial charge on any atom is 0.319 e. The summed E-state index contributed by atoms with van der Waals surface area (Å²) in [5, 5.41) is 15.9. The van der Waals surface area contributed by atoms with Gasteiger partial charge in [0.1, 0.15) is 17.5 Å². The Morgan fingerprint density at radius 1 is 1.20 bits per heavy atom. The Morgan fingerprint density at radius 2 is 1.89 bits per heavy atom. The van der Waals surface area contributed by atoms with Crippen LogP contribution in [0.3, 0.4) is 0 Å². The highest BCUT2D eigenvalue weighted by Gasteiger charge is 2.35. The molecule has 0 unspecified atom stereocenters. The number of nitrogens with zero attached hydrogens (tertiary/aromatic N) is 6. The van der Waals surface area contributed by atoms with Gasteiger partial charge >= 0.3 is 6.03 Å². The molecule has 0 saturated carbocycles. The molecule has 3 aromatic rings. The second-order valence-electron chi connectivity index (χ2n) is 9.88. The summed E-state index contributed by atoms with van der Waals surface area (Å²) in [5.74, 6) is 1.37. The van der Waals surface area contributed by atoms with Gasteiger partial charge in [-0.1, -0.05) is 13.8 Å². The lowest BCUT2D eigenvalue weighted by Crippen LogP contribution is -2.51. The van der Waals surface area contributed by atoms with Gasteiger partial charge < -0.3 is 19.6 Å². The van der Waals surface area contributed by atoms with Gasteiger partial charge in [-0.05, 0) is 49.4 Å². The number of hydrogen-bond donors (Lipinski definition) is 1. The summed E-state index contributed by atoms with van der Waals surface area (Å²) < 4.78 is 8.84. The number of amides is 2. The molecule has 4 rings (SSSR count). The Hall–Kier alpha value is -3.40. The highest BCUT2D eigenvalue weighted by atomic mass is 16.5. The van der Waals surface area contributed by atoms with Gasteiger partial charge in [-0.2, -0.15) is 5.10 Å². The number of hydrogen-bond acceptors (Lipinski definition) is 6. The average molecular weight is 483 g/mol. The minimum absolute atomic E-state index is 0.0742. The first kappa shape index (κ1) is 24.7. The van der Waals surface area contributed by atoms with E-state index in [-0.39, 0.29) is 18.1 Å². The summed E-state index contributed by atoms with van der Waals surface area (Å²) in [6.07, 6.45) is 4.74. The fourth-order valence-corrected chi connectivity index (χ4v) is 4.22.